The number of piperidine rings is 1. The normalized spacial score (nSPS) is 17.4. The number of nitrogens with one attached hydrogen (secondary N) is 1. The van der Waals surface area contributed by atoms with Crippen molar-refractivity contribution in [1.82, 2.24) is 5.32 Å². The first-order valence-corrected chi connectivity index (χ1v) is 5.88. The minimum absolute atomic E-state index is 0.174. The van der Waals surface area contributed by atoms with E-state index in [1.165, 1.54) is 0 Å². The van der Waals surface area contributed by atoms with Gasteiger partial charge in [-0.05, 0) is 43.5 Å². The Morgan fingerprint density at radius 1 is 1.38 bits per heavy atom. The van der Waals surface area contributed by atoms with Crippen LogP contribution in [0.3, 0.4) is 0 Å². The van der Waals surface area contributed by atoms with Crippen molar-refractivity contribution in [3.8, 4) is 11.5 Å². The molecule has 1 aromatic rings. The Morgan fingerprint density at radius 3 is 2.69 bits per heavy atom. The summed E-state index contributed by atoms with van der Waals surface area (Å²) in [4.78, 5) is 0. The zero-order chi connectivity index (χ0) is 11.5. The molecule has 0 aromatic heterocycles. The number of benzene rings is 1. The number of aromatic hydroxyl groups is 1. The monoisotopic (exact) mass is 241 g/mol. The van der Waals surface area contributed by atoms with Crippen LogP contribution in [0.15, 0.2) is 12.1 Å². The average molecular weight is 242 g/mol. The predicted molar refractivity (Wildman–Crippen MR) is 64.5 cm³/mol. The first-order chi connectivity index (χ1) is 7.74. The quantitative estimate of drug-likeness (QED) is 0.836. The molecular formula is C12H16ClNO2. The summed E-state index contributed by atoms with van der Waals surface area (Å²) in [6.07, 6.45) is 2.08. The molecule has 0 unspecified atom stereocenters. The topological polar surface area (TPSA) is 41.5 Å². The van der Waals surface area contributed by atoms with Gasteiger partial charge in [-0.15, -0.1) is 0 Å². The highest BCUT2D eigenvalue weighted by molar-refractivity contribution is 6.33. The van der Waals surface area contributed by atoms with Gasteiger partial charge < -0.3 is 15.2 Å². The molecule has 0 radical (unpaired) electrons. The summed E-state index contributed by atoms with van der Waals surface area (Å²) in [6, 6.07) is 3.73. The number of hydrogen-bond acceptors (Lipinski definition) is 3. The van der Waals surface area contributed by atoms with Crippen LogP contribution < -0.4 is 10.1 Å². The van der Waals surface area contributed by atoms with Crippen LogP contribution in [0, 0.1) is 0 Å². The summed E-state index contributed by atoms with van der Waals surface area (Å²) in [5, 5.41) is 13.6. The maximum Gasteiger partial charge on any atom is 0.141 e. The number of rotatable bonds is 2. The van der Waals surface area contributed by atoms with Crippen molar-refractivity contribution in [2.45, 2.75) is 18.8 Å². The van der Waals surface area contributed by atoms with Crippen LogP contribution in [-0.4, -0.2) is 25.3 Å². The summed E-state index contributed by atoms with van der Waals surface area (Å²) in [5.41, 5.74) is 0.937. The SMILES string of the molecule is COc1ccc(C2CCNCC2)c(O)c1Cl. The molecule has 1 heterocycles. The Hall–Kier alpha value is -0.930. The number of phenolic OH excluding ortho intramolecular Hbond substituents is 1. The fourth-order valence-electron chi connectivity index (χ4n) is 2.18. The highest BCUT2D eigenvalue weighted by Gasteiger charge is 2.21. The maximum atomic E-state index is 10.0. The molecule has 0 amide bonds. The van der Waals surface area contributed by atoms with E-state index in [9.17, 15) is 5.11 Å². The van der Waals surface area contributed by atoms with Crippen LogP contribution >= 0.6 is 11.6 Å². The third-order valence-corrected chi connectivity index (χ3v) is 3.48. The van der Waals surface area contributed by atoms with Crippen molar-refractivity contribution in [3.05, 3.63) is 22.7 Å². The van der Waals surface area contributed by atoms with Gasteiger partial charge in [0.25, 0.3) is 0 Å². The van der Waals surface area contributed by atoms with E-state index in [0.29, 0.717) is 16.7 Å². The number of halogens is 1. The molecule has 1 aromatic carbocycles. The fourth-order valence-corrected chi connectivity index (χ4v) is 2.43. The van der Waals surface area contributed by atoms with E-state index in [2.05, 4.69) is 5.32 Å². The lowest BCUT2D eigenvalue weighted by Crippen LogP contribution is -2.26. The highest BCUT2D eigenvalue weighted by atomic mass is 35.5. The molecule has 0 bridgehead atoms. The molecule has 0 atom stereocenters. The molecule has 1 aliphatic rings. The van der Waals surface area contributed by atoms with Crippen LogP contribution in [0.2, 0.25) is 5.02 Å². The first kappa shape index (κ1) is 11.6. The van der Waals surface area contributed by atoms with Crippen LogP contribution in [-0.2, 0) is 0 Å². The molecule has 4 heteroatoms. The van der Waals surface area contributed by atoms with E-state index in [0.717, 1.165) is 31.5 Å². The van der Waals surface area contributed by atoms with Gasteiger partial charge in [0.1, 0.15) is 16.5 Å². The lowest BCUT2D eigenvalue weighted by Gasteiger charge is -2.24. The molecule has 16 heavy (non-hydrogen) atoms. The zero-order valence-electron chi connectivity index (χ0n) is 9.29. The second-order valence-electron chi connectivity index (χ2n) is 4.04. The molecule has 1 saturated heterocycles. The van der Waals surface area contributed by atoms with E-state index in [4.69, 9.17) is 16.3 Å². The summed E-state index contributed by atoms with van der Waals surface area (Å²) >= 11 is 6.03. The molecule has 1 fully saturated rings. The minimum atomic E-state index is 0.174. The number of hydrogen-bond donors (Lipinski definition) is 2. The molecular weight excluding hydrogens is 226 g/mol. The molecule has 0 aliphatic carbocycles. The van der Waals surface area contributed by atoms with Crippen LogP contribution in [0.5, 0.6) is 11.5 Å². The molecule has 2 N–H and O–H groups in total. The summed E-state index contributed by atoms with van der Waals surface area (Å²) < 4.78 is 5.06. The average Bonchev–Trinajstić information content (AvgIpc) is 2.34. The van der Waals surface area contributed by atoms with Gasteiger partial charge in [0.15, 0.2) is 0 Å². The van der Waals surface area contributed by atoms with Crippen molar-refractivity contribution in [2.75, 3.05) is 20.2 Å². The third-order valence-electron chi connectivity index (χ3n) is 3.11. The fraction of sp³-hybridized carbons (Fsp3) is 0.500. The highest BCUT2D eigenvalue weighted by Crippen LogP contribution is 2.41. The van der Waals surface area contributed by atoms with Gasteiger partial charge in [-0.2, -0.15) is 0 Å². The third kappa shape index (κ3) is 2.11. The lowest BCUT2D eigenvalue weighted by molar-refractivity contribution is 0.399. The van der Waals surface area contributed by atoms with E-state index in [-0.39, 0.29) is 5.75 Å². The number of ether oxygens (including phenoxy) is 1. The van der Waals surface area contributed by atoms with Crippen LogP contribution in [0.1, 0.15) is 24.3 Å². The second-order valence-corrected chi connectivity index (χ2v) is 4.42. The van der Waals surface area contributed by atoms with Gasteiger partial charge >= 0.3 is 0 Å². The van der Waals surface area contributed by atoms with Gasteiger partial charge in [-0.1, -0.05) is 17.7 Å². The molecule has 0 saturated carbocycles. The van der Waals surface area contributed by atoms with Crippen LogP contribution in [0.25, 0.3) is 0 Å². The van der Waals surface area contributed by atoms with Crippen molar-refractivity contribution in [3.63, 3.8) is 0 Å². The smallest absolute Gasteiger partial charge is 0.141 e. The summed E-state index contributed by atoms with van der Waals surface area (Å²) in [7, 11) is 1.55. The van der Waals surface area contributed by atoms with E-state index >= 15 is 0 Å². The predicted octanol–water partition coefficient (Wildman–Crippen LogP) is 2.52. The molecule has 3 nitrogen and oxygen atoms in total. The van der Waals surface area contributed by atoms with Gasteiger partial charge in [0, 0.05) is 0 Å². The minimum Gasteiger partial charge on any atom is -0.506 e. The second kappa shape index (κ2) is 4.93. The van der Waals surface area contributed by atoms with Crippen molar-refractivity contribution in [2.24, 2.45) is 0 Å². The first-order valence-electron chi connectivity index (χ1n) is 5.50. The lowest BCUT2D eigenvalue weighted by atomic mass is 9.89. The Kier molecular flexibility index (Phi) is 3.56. The van der Waals surface area contributed by atoms with Gasteiger partial charge in [-0.25, -0.2) is 0 Å². The van der Waals surface area contributed by atoms with Crippen molar-refractivity contribution in [1.29, 1.82) is 0 Å². The molecule has 2 rings (SSSR count). The maximum absolute atomic E-state index is 10.0. The van der Waals surface area contributed by atoms with E-state index in [1.807, 2.05) is 12.1 Å². The zero-order valence-corrected chi connectivity index (χ0v) is 10.0. The van der Waals surface area contributed by atoms with Gasteiger partial charge in [-0.3, -0.25) is 0 Å². The largest absolute Gasteiger partial charge is 0.506 e. The van der Waals surface area contributed by atoms with E-state index in [1.54, 1.807) is 7.11 Å². The number of methoxy groups -OCH3 is 1. The Bertz CT molecular complexity index is 376. The van der Waals surface area contributed by atoms with Gasteiger partial charge in [0.2, 0.25) is 0 Å². The number of phenols is 1. The Labute approximate surface area is 100 Å². The van der Waals surface area contributed by atoms with Crippen molar-refractivity contribution < 1.29 is 9.84 Å². The molecule has 88 valence electrons. The standard InChI is InChI=1S/C12H16ClNO2/c1-16-10-3-2-9(12(15)11(10)13)8-4-6-14-7-5-8/h2-3,8,14-15H,4-7H2,1H3. The summed E-state index contributed by atoms with van der Waals surface area (Å²) in [6.45, 7) is 1.99. The Balaban J connectivity index is 2.30. The van der Waals surface area contributed by atoms with E-state index < -0.39 is 0 Å². The summed E-state index contributed by atoms with van der Waals surface area (Å²) in [5.74, 6) is 1.09. The Morgan fingerprint density at radius 2 is 2.06 bits per heavy atom. The molecule has 1 aliphatic heterocycles. The van der Waals surface area contributed by atoms with Gasteiger partial charge in [0.05, 0.1) is 7.11 Å². The van der Waals surface area contributed by atoms with Crippen LogP contribution in [0.4, 0.5) is 0 Å². The van der Waals surface area contributed by atoms with Crippen molar-refractivity contribution >= 4 is 11.6 Å². The molecule has 0 spiro atoms.